The molecule has 0 aromatic heterocycles. The largest absolute Gasteiger partial charge is 0.497 e. The van der Waals surface area contributed by atoms with Crippen LogP contribution in [0.2, 0.25) is 5.02 Å². The lowest BCUT2D eigenvalue weighted by Gasteiger charge is -2.38. The zero-order valence-electron chi connectivity index (χ0n) is 23.4. The molecule has 5 aromatic rings. The molecule has 0 radical (unpaired) electrons. The van der Waals surface area contributed by atoms with E-state index in [1.165, 1.54) is 7.11 Å². The summed E-state index contributed by atoms with van der Waals surface area (Å²) in [6, 6.07) is 44.8. The molecule has 7 heteroatoms. The summed E-state index contributed by atoms with van der Waals surface area (Å²) in [6.07, 6.45) is -1.04. The molecule has 0 saturated carbocycles. The monoisotopic (exact) mass is 593 g/mol. The number of hydrogen-bond donors (Lipinski definition) is 1. The number of rotatable bonds is 11. The number of carbonyl (C=O) groups excluding carboxylic acids is 1. The molecule has 0 amide bonds. The topological polar surface area (TPSA) is 56.8 Å². The van der Waals surface area contributed by atoms with Gasteiger partial charge in [0.05, 0.1) is 20.3 Å². The van der Waals surface area contributed by atoms with Gasteiger partial charge in [-0.25, -0.2) is 4.79 Å². The fourth-order valence-corrected chi connectivity index (χ4v) is 9.29. The minimum atomic E-state index is -3.29. The molecule has 2 atom stereocenters. The van der Waals surface area contributed by atoms with Gasteiger partial charge in [-0.05, 0) is 57.5 Å². The predicted octanol–water partition coefficient (Wildman–Crippen LogP) is 5.73. The van der Waals surface area contributed by atoms with Crippen molar-refractivity contribution in [3.63, 3.8) is 0 Å². The highest BCUT2D eigenvalue weighted by atomic mass is 35.5. The van der Waals surface area contributed by atoms with Crippen molar-refractivity contribution in [3.8, 4) is 5.75 Å². The number of halogens is 1. The summed E-state index contributed by atoms with van der Waals surface area (Å²) in [5.74, 6) is 0.239. The van der Waals surface area contributed by atoms with Crippen LogP contribution in [0.3, 0.4) is 0 Å². The van der Waals surface area contributed by atoms with Crippen molar-refractivity contribution in [1.29, 1.82) is 0 Å². The van der Waals surface area contributed by atoms with Crippen LogP contribution in [0.1, 0.15) is 11.6 Å². The second-order valence-corrected chi connectivity index (χ2v) is 13.5. The standard InChI is InChI=1S/C35H32ClNO4Si/c1-39-29-24-22-28(23-25-29)37-33(26-18-20-27(36)21-19-26)34(35(38)40-2)41-42(30-12-6-3-7-13-30,31-14-8-4-9-15-31)32-16-10-5-11-17-32/h3-25,33-34,37H,1-2H3/t33-,34+/m1/s1. The first kappa shape index (κ1) is 29.1. The van der Waals surface area contributed by atoms with Gasteiger partial charge in [0.2, 0.25) is 0 Å². The normalized spacial score (nSPS) is 12.6. The molecule has 0 aliphatic heterocycles. The lowest BCUT2D eigenvalue weighted by atomic mass is 10.0. The average Bonchev–Trinajstić information content (AvgIpc) is 3.06. The molecule has 0 fully saturated rings. The van der Waals surface area contributed by atoms with Crippen molar-refractivity contribution >= 4 is 47.1 Å². The molecule has 0 aliphatic carbocycles. The summed E-state index contributed by atoms with van der Waals surface area (Å²) in [5.41, 5.74) is 1.61. The van der Waals surface area contributed by atoms with E-state index in [1.54, 1.807) is 7.11 Å². The van der Waals surface area contributed by atoms with Gasteiger partial charge in [0.15, 0.2) is 6.10 Å². The summed E-state index contributed by atoms with van der Waals surface area (Å²) in [5, 5.41) is 7.18. The number of hydrogen-bond acceptors (Lipinski definition) is 5. The Morgan fingerprint density at radius 1 is 0.667 bits per heavy atom. The molecule has 5 rings (SSSR count). The third-order valence-electron chi connectivity index (χ3n) is 7.22. The van der Waals surface area contributed by atoms with Gasteiger partial charge in [0.1, 0.15) is 5.75 Å². The molecule has 0 saturated heterocycles. The van der Waals surface area contributed by atoms with Gasteiger partial charge in [0, 0.05) is 10.7 Å². The molecule has 5 nitrogen and oxygen atoms in total. The smallest absolute Gasteiger partial charge is 0.336 e. The van der Waals surface area contributed by atoms with Crippen LogP contribution in [-0.2, 0) is 14.0 Å². The number of carbonyl (C=O) groups is 1. The Hall–Kier alpha value is -4.36. The van der Waals surface area contributed by atoms with E-state index in [0.717, 1.165) is 32.6 Å². The maximum absolute atomic E-state index is 13.8. The van der Waals surface area contributed by atoms with Crippen molar-refractivity contribution in [3.05, 3.63) is 150 Å². The molecule has 0 bridgehead atoms. The Morgan fingerprint density at radius 2 is 1.14 bits per heavy atom. The van der Waals surface area contributed by atoms with Crippen LogP contribution in [0.5, 0.6) is 5.75 Å². The van der Waals surface area contributed by atoms with Crippen molar-refractivity contribution in [1.82, 2.24) is 0 Å². The molecular weight excluding hydrogens is 562 g/mol. The van der Waals surface area contributed by atoms with Gasteiger partial charge in [0.25, 0.3) is 8.32 Å². The molecule has 0 spiro atoms. The van der Waals surface area contributed by atoms with Crippen molar-refractivity contribution in [2.45, 2.75) is 12.1 Å². The SMILES string of the molecule is COC(=O)[C@@H](O[Si](c1ccccc1)(c1ccccc1)c1ccccc1)[C@H](Nc1ccc(OC)cc1)c1ccc(Cl)cc1. The van der Waals surface area contributed by atoms with E-state index < -0.39 is 26.4 Å². The van der Waals surface area contributed by atoms with E-state index in [9.17, 15) is 4.79 Å². The lowest BCUT2D eigenvalue weighted by Crippen LogP contribution is -2.71. The van der Waals surface area contributed by atoms with E-state index in [4.69, 9.17) is 25.5 Å². The van der Waals surface area contributed by atoms with Crippen molar-refractivity contribution < 1.29 is 18.7 Å². The van der Waals surface area contributed by atoms with Gasteiger partial charge in [-0.1, -0.05) is 115 Å². The number of nitrogens with one attached hydrogen (secondary N) is 1. The number of benzene rings is 5. The number of ether oxygens (including phenoxy) is 2. The van der Waals surface area contributed by atoms with Crippen LogP contribution >= 0.6 is 11.6 Å². The Bertz CT molecular complexity index is 1470. The molecular formula is C35H32ClNO4Si. The Kier molecular flexibility index (Phi) is 9.39. The summed E-state index contributed by atoms with van der Waals surface area (Å²) < 4.78 is 18.1. The highest BCUT2D eigenvalue weighted by molar-refractivity contribution is 7.07. The van der Waals surface area contributed by atoms with Crippen LogP contribution in [0.4, 0.5) is 5.69 Å². The highest BCUT2D eigenvalue weighted by Gasteiger charge is 2.47. The summed E-state index contributed by atoms with van der Waals surface area (Å²) in [7, 11) is -0.275. The van der Waals surface area contributed by atoms with Crippen LogP contribution in [0, 0.1) is 0 Å². The van der Waals surface area contributed by atoms with E-state index in [-0.39, 0.29) is 0 Å². The third-order valence-corrected chi connectivity index (χ3v) is 11.5. The van der Waals surface area contributed by atoms with E-state index in [2.05, 4.69) is 41.7 Å². The number of esters is 1. The van der Waals surface area contributed by atoms with Gasteiger partial charge in [-0.2, -0.15) is 0 Å². The molecule has 1 N–H and O–H groups in total. The summed E-state index contributed by atoms with van der Waals surface area (Å²) >= 11 is 6.28. The average molecular weight is 594 g/mol. The molecule has 5 aromatic carbocycles. The fraction of sp³-hybridized carbons (Fsp3) is 0.114. The van der Waals surface area contributed by atoms with Crippen LogP contribution < -0.4 is 25.6 Å². The quantitative estimate of drug-likeness (QED) is 0.120. The van der Waals surface area contributed by atoms with Gasteiger partial charge in [-0.3, -0.25) is 0 Å². The second-order valence-electron chi connectivity index (χ2n) is 9.74. The Labute approximate surface area is 252 Å². The molecule has 0 unspecified atom stereocenters. The molecule has 0 heterocycles. The minimum Gasteiger partial charge on any atom is -0.497 e. The molecule has 212 valence electrons. The second kappa shape index (κ2) is 13.5. The number of methoxy groups -OCH3 is 2. The maximum Gasteiger partial charge on any atom is 0.336 e. The lowest BCUT2D eigenvalue weighted by molar-refractivity contribution is -0.149. The Balaban J connectivity index is 1.72. The van der Waals surface area contributed by atoms with Crippen molar-refractivity contribution in [2.24, 2.45) is 0 Å². The third kappa shape index (κ3) is 6.26. The van der Waals surface area contributed by atoms with E-state index in [1.807, 2.05) is 103 Å². The zero-order valence-corrected chi connectivity index (χ0v) is 25.2. The van der Waals surface area contributed by atoms with Crippen LogP contribution in [0.25, 0.3) is 0 Å². The minimum absolute atomic E-state index is 0.490. The van der Waals surface area contributed by atoms with Crippen LogP contribution in [-0.4, -0.2) is 34.6 Å². The van der Waals surface area contributed by atoms with Gasteiger partial charge in [-0.15, -0.1) is 0 Å². The van der Waals surface area contributed by atoms with Gasteiger partial charge < -0.3 is 19.2 Å². The Morgan fingerprint density at radius 3 is 1.57 bits per heavy atom. The predicted molar refractivity (Wildman–Crippen MR) is 172 cm³/mol. The first-order valence-corrected chi connectivity index (χ1v) is 15.9. The van der Waals surface area contributed by atoms with Crippen molar-refractivity contribution in [2.75, 3.05) is 19.5 Å². The first-order valence-electron chi connectivity index (χ1n) is 13.6. The highest BCUT2D eigenvalue weighted by Crippen LogP contribution is 2.30. The maximum atomic E-state index is 13.8. The van der Waals surface area contributed by atoms with Crippen LogP contribution in [0.15, 0.2) is 140 Å². The molecule has 42 heavy (non-hydrogen) atoms. The molecule has 0 aliphatic rings. The summed E-state index contributed by atoms with van der Waals surface area (Å²) in [6.45, 7) is 0. The first-order chi connectivity index (χ1) is 20.5. The summed E-state index contributed by atoms with van der Waals surface area (Å²) in [4.78, 5) is 13.8. The fourth-order valence-electron chi connectivity index (χ4n) is 5.15. The zero-order chi connectivity index (χ0) is 29.4. The van der Waals surface area contributed by atoms with Gasteiger partial charge >= 0.3 is 5.97 Å². The number of anilines is 1. The van der Waals surface area contributed by atoms with E-state index >= 15 is 0 Å². The van der Waals surface area contributed by atoms with E-state index in [0.29, 0.717) is 5.02 Å².